The number of nitrogens with one attached hydrogen (secondary N) is 1. The summed E-state index contributed by atoms with van der Waals surface area (Å²) in [5.74, 6) is 1.22. The number of hydrogen-bond acceptors (Lipinski definition) is 4. The van der Waals surface area contributed by atoms with Crippen LogP contribution in [0.4, 0.5) is 0 Å². The third-order valence-electron chi connectivity index (χ3n) is 4.32. The van der Waals surface area contributed by atoms with Crippen LogP contribution >= 0.6 is 12.2 Å². The molecule has 1 heterocycles. The van der Waals surface area contributed by atoms with E-state index in [2.05, 4.69) is 10.2 Å². The molecule has 6 heteroatoms. The molecule has 5 nitrogen and oxygen atoms in total. The molecule has 2 aromatic rings. The second-order valence-corrected chi connectivity index (χ2v) is 6.73. The van der Waals surface area contributed by atoms with Crippen LogP contribution in [0.25, 0.3) is 0 Å². The zero-order chi connectivity index (χ0) is 18.9. The molecule has 0 radical (unpaired) electrons. The Morgan fingerprint density at radius 3 is 2.33 bits per heavy atom. The number of amides is 1. The molecule has 0 unspecified atom stereocenters. The van der Waals surface area contributed by atoms with E-state index in [-0.39, 0.29) is 5.91 Å². The van der Waals surface area contributed by atoms with Crippen LogP contribution in [0.5, 0.6) is 11.5 Å². The minimum Gasteiger partial charge on any atom is -0.490 e. The quantitative estimate of drug-likeness (QED) is 0.609. The van der Waals surface area contributed by atoms with Crippen molar-refractivity contribution in [1.82, 2.24) is 10.2 Å². The monoisotopic (exact) mass is 384 g/mol. The molecule has 1 saturated heterocycles. The number of carbonyl (C=O) groups is 1. The van der Waals surface area contributed by atoms with Crippen molar-refractivity contribution in [2.45, 2.75) is 19.3 Å². The average Bonchev–Trinajstić information content (AvgIpc) is 2.73. The first-order chi connectivity index (χ1) is 13.2. The maximum atomic E-state index is 12.5. The molecule has 1 N–H and O–H groups in total. The molecule has 1 amide bonds. The predicted octanol–water partition coefficient (Wildman–Crippen LogP) is 3.65. The number of nitrogens with zero attached hydrogens (tertiary/aromatic N) is 1. The number of rotatable bonds is 6. The molecule has 1 fully saturated rings. The van der Waals surface area contributed by atoms with Gasteiger partial charge in [0, 0.05) is 18.7 Å². The number of piperidine rings is 1. The largest absolute Gasteiger partial charge is 0.490 e. The van der Waals surface area contributed by atoms with Gasteiger partial charge < -0.3 is 14.4 Å². The Balaban J connectivity index is 1.47. The molecule has 1 aliphatic heterocycles. The van der Waals surface area contributed by atoms with Crippen molar-refractivity contribution in [2.75, 3.05) is 26.3 Å². The molecular weight excluding hydrogens is 360 g/mol. The van der Waals surface area contributed by atoms with Crippen molar-refractivity contribution in [3.63, 3.8) is 0 Å². The zero-order valence-electron chi connectivity index (χ0n) is 15.2. The number of thiocarbonyl (C=S) groups is 1. The number of para-hydroxylation sites is 1. The average molecular weight is 385 g/mol. The lowest BCUT2D eigenvalue weighted by Gasteiger charge is -2.28. The maximum absolute atomic E-state index is 12.5. The summed E-state index contributed by atoms with van der Waals surface area (Å²) < 4.78 is 11.3. The molecule has 3 rings (SSSR count). The van der Waals surface area contributed by atoms with Gasteiger partial charge in [0.2, 0.25) is 0 Å². The first-order valence-electron chi connectivity index (χ1n) is 9.23. The van der Waals surface area contributed by atoms with Gasteiger partial charge in [0.05, 0.1) is 0 Å². The van der Waals surface area contributed by atoms with Gasteiger partial charge in [-0.1, -0.05) is 24.3 Å². The van der Waals surface area contributed by atoms with E-state index in [9.17, 15) is 4.79 Å². The van der Waals surface area contributed by atoms with Crippen LogP contribution in [-0.4, -0.2) is 42.2 Å². The highest BCUT2D eigenvalue weighted by atomic mass is 32.1. The number of likely N-dealkylation sites (tertiary alicyclic amines) is 1. The van der Waals surface area contributed by atoms with Crippen LogP contribution in [0, 0.1) is 0 Å². The van der Waals surface area contributed by atoms with E-state index in [1.807, 2.05) is 36.4 Å². The topological polar surface area (TPSA) is 50.8 Å². The van der Waals surface area contributed by atoms with Crippen molar-refractivity contribution in [3.05, 3.63) is 60.2 Å². The van der Waals surface area contributed by atoms with Crippen LogP contribution in [0.1, 0.15) is 29.6 Å². The number of hydrogen-bond donors (Lipinski definition) is 1. The van der Waals surface area contributed by atoms with E-state index in [1.165, 1.54) is 6.42 Å². The van der Waals surface area contributed by atoms with E-state index in [4.69, 9.17) is 21.7 Å². The zero-order valence-corrected chi connectivity index (χ0v) is 16.0. The fourth-order valence-corrected chi connectivity index (χ4v) is 3.18. The Bertz CT molecular complexity index is 761. The lowest BCUT2D eigenvalue weighted by atomic mass is 10.1. The van der Waals surface area contributed by atoms with E-state index >= 15 is 0 Å². The van der Waals surface area contributed by atoms with Gasteiger partial charge >= 0.3 is 0 Å². The summed E-state index contributed by atoms with van der Waals surface area (Å²) in [6, 6.07) is 16.7. The summed E-state index contributed by atoms with van der Waals surface area (Å²) in [5, 5.41) is 3.32. The minimum absolute atomic E-state index is 0.212. The SMILES string of the molecule is O=C(NC(=S)N1CCCCC1)c1cccc(OCCOc2ccccc2)c1. The lowest BCUT2D eigenvalue weighted by molar-refractivity contribution is 0.0972. The van der Waals surface area contributed by atoms with Crippen molar-refractivity contribution >= 4 is 23.2 Å². The summed E-state index contributed by atoms with van der Waals surface area (Å²) in [4.78, 5) is 14.5. The molecule has 0 saturated carbocycles. The Kier molecular flexibility index (Phi) is 7.04. The van der Waals surface area contributed by atoms with Gasteiger partial charge in [-0.25, -0.2) is 0 Å². The summed E-state index contributed by atoms with van der Waals surface area (Å²) in [6.07, 6.45) is 3.45. The third kappa shape index (κ3) is 5.96. The van der Waals surface area contributed by atoms with E-state index in [1.54, 1.807) is 18.2 Å². The fraction of sp³-hybridized carbons (Fsp3) is 0.333. The number of ether oxygens (including phenoxy) is 2. The highest BCUT2D eigenvalue weighted by Gasteiger charge is 2.16. The van der Waals surface area contributed by atoms with E-state index in [0.717, 1.165) is 31.7 Å². The summed E-state index contributed by atoms with van der Waals surface area (Å²) in [6.45, 7) is 2.64. The molecular formula is C21H24N2O3S. The standard InChI is InChI=1S/C21H24N2O3S/c24-20(22-21(27)23-12-5-2-6-13-23)17-8-7-11-19(16-17)26-15-14-25-18-9-3-1-4-10-18/h1,3-4,7-11,16H,2,5-6,12-15H2,(H,22,24,27). The summed E-state index contributed by atoms with van der Waals surface area (Å²) >= 11 is 5.36. The first kappa shape index (κ1) is 19.2. The van der Waals surface area contributed by atoms with Crippen molar-refractivity contribution in [2.24, 2.45) is 0 Å². The maximum Gasteiger partial charge on any atom is 0.257 e. The van der Waals surface area contributed by atoms with Crippen LogP contribution in [0.2, 0.25) is 0 Å². The first-order valence-corrected chi connectivity index (χ1v) is 9.64. The minimum atomic E-state index is -0.212. The predicted molar refractivity (Wildman–Crippen MR) is 109 cm³/mol. The molecule has 0 atom stereocenters. The number of carbonyl (C=O) groups excluding carboxylic acids is 1. The van der Waals surface area contributed by atoms with Crippen molar-refractivity contribution < 1.29 is 14.3 Å². The molecule has 142 valence electrons. The molecule has 1 aliphatic rings. The fourth-order valence-electron chi connectivity index (χ4n) is 2.91. The Morgan fingerprint density at radius 2 is 1.59 bits per heavy atom. The van der Waals surface area contributed by atoms with E-state index < -0.39 is 0 Å². The van der Waals surface area contributed by atoms with Gasteiger partial charge in [0.15, 0.2) is 5.11 Å². The van der Waals surface area contributed by atoms with Crippen LogP contribution in [0.3, 0.4) is 0 Å². The van der Waals surface area contributed by atoms with Crippen molar-refractivity contribution in [1.29, 1.82) is 0 Å². The third-order valence-corrected chi connectivity index (χ3v) is 4.68. The normalized spacial score (nSPS) is 13.7. The molecule has 0 spiro atoms. The van der Waals surface area contributed by atoms with Gasteiger partial charge in [0.25, 0.3) is 5.91 Å². The second kappa shape index (κ2) is 9.92. The summed E-state index contributed by atoms with van der Waals surface area (Å²) in [5.41, 5.74) is 0.524. The van der Waals surface area contributed by atoms with Gasteiger partial charge in [-0.3, -0.25) is 10.1 Å². The van der Waals surface area contributed by atoms with Crippen LogP contribution in [-0.2, 0) is 0 Å². The molecule has 0 aromatic heterocycles. The highest BCUT2D eigenvalue weighted by molar-refractivity contribution is 7.80. The van der Waals surface area contributed by atoms with Gasteiger partial charge in [-0.2, -0.15) is 0 Å². The van der Waals surface area contributed by atoms with E-state index in [0.29, 0.717) is 29.6 Å². The highest BCUT2D eigenvalue weighted by Crippen LogP contribution is 2.15. The smallest absolute Gasteiger partial charge is 0.257 e. The molecule has 0 bridgehead atoms. The number of benzene rings is 2. The molecule has 0 aliphatic carbocycles. The van der Waals surface area contributed by atoms with Gasteiger partial charge in [0.1, 0.15) is 24.7 Å². The Hall–Kier alpha value is -2.60. The lowest BCUT2D eigenvalue weighted by Crippen LogP contribution is -2.44. The molecule has 27 heavy (non-hydrogen) atoms. The second-order valence-electron chi connectivity index (χ2n) is 6.34. The Morgan fingerprint density at radius 1 is 0.926 bits per heavy atom. The van der Waals surface area contributed by atoms with Gasteiger partial charge in [-0.05, 0) is 61.8 Å². The van der Waals surface area contributed by atoms with Crippen LogP contribution in [0.15, 0.2) is 54.6 Å². The summed E-state index contributed by atoms with van der Waals surface area (Å²) in [7, 11) is 0. The van der Waals surface area contributed by atoms with Gasteiger partial charge in [-0.15, -0.1) is 0 Å². The molecule has 2 aromatic carbocycles. The Labute approximate surface area is 165 Å². The van der Waals surface area contributed by atoms with Crippen LogP contribution < -0.4 is 14.8 Å². The van der Waals surface area contributed by atoms with Crippen molar-refractivity contribution in [3.8, 4) is 11.5 Å².